The molecule has 2 aromatic heterocycles. The number of aryl methyl sites for hydroxylation is 2. The minimum Gasteiger partial charge on any atom is -0.379 e. The summed E-state index contributed by atoms with van der Waals surface area (Å²) in [5.74, 6) is 0. The Balaban J connectivity index is 1.60. The molecule has 0 atom stereocenters. The SMILES string of the molecule is O=c1c2cc3c(nc2ncn1CCN1CCOCC1)CCCC3. The predicted molar refractivity (Wildman–Crippen MR) is 87.7 cm³/mol. The van der Waals surface area contributed by atoms with E-state index in [9.17, 15) is 4.79 Å². The number of ether oxygens (including phenoxy) is 1. The lowest BCUT2D eigenvalue weighted by molar-refractivity contribution is 0.0362. The lowest BCUT2D eigenvalue weighted by Crippen LogP contribution is -2.39. The maximum Gasteiger partial charge on any atom is 0.262 e. The number of rotatable bonds is 3. The molecule has 1 aliphatic carbocycles. The topological polar surface area (TPSA) is 60.2 Å². The molecule has 0 spiro atoms. The highest BCUT2D eigenvalue weighted by Gasteiger charge is 2.15. The summed E-state index contributed by atoms with van der Waals surface area (Å²) in [6, 6.07) is 2.03. The van der Waals surface area contributed by atoms with Crippen LogP contribution in [0.3, 0.4) is 0 Å². The third-order valence-electron chi connectivity index (χ3n) is 4.85. The molecule has 2 aliphatic rings. The number of fused-ring (bicyclic) bond motifs is 2. The summed E-state index contributed by atoms with van der Waals surface area (Å²) in [4.78, 5) is 24.1. The first-order valence-corrected chi connectivity index (χ1v) is 8.49. The van der Waals surface area contributed by atoms with Gasteiger partial charge in [-0.15, -0.1) is 0 Å². The Labute approximate surface area is 135 Å². The number of pyridine rings is 1. The molecule has 0 N–H and O–H groups in total. The normalized spacial score (nSPS) is 19.0. The van der Waals surface area contributed by atoms with Gasteiger partial charge in [0.05, 0.1) is 18.6 Å². The molecule has 122 valence electrons. The average Bonchev–Trinajstić information content (AvgIpc) is 2.61. The minimum absolute atomic E-state index is 0.0316. The third kappa shape index (κ3) is 3.01. The summed E-state index contributed by atoms with van der Waals surface area (Å²) in [5, 5.41) is 0.662. The van der Waals surface area contributed by atoms with Gasteiger partial charge in [0, 0.05) is 31.9 Å². The van der Waals surface area contributed by atoms with E-state index in [-0.39, 0.29) is 5.56 Å². The number of hydrogen-bond donors (Lipinski definition) is 0. The van der Waals surface area contributed by atoms with E-state index in [4.69, 9.17) is 4.74 Å². The van der Waals surface area contributed by atoms with Gasteiger partial charge < -0.3 is 4.74 Å². The smallest absolute Gasteiger partial charge is 0.262 e. The molecule has 23 heavy (non-hydrogen) atoms. The van der Waals surface area contributed by atoms with Crippen LogP contribution in [0.2, 0.25) is 0 Å². The van der Waals surface area contributed by atoms with E-state index in [0.717, 1.165) is 51.4 Å². The van der Waals surface area contributed by atoms with E-state index >= 15 is 0 Å². The van der Waals surface area contributed by atoms with Gasteiger partial charge in [0.2, 0.25) is 0 Å². The first-order valence-electron chi connectivity index (χ1n) is 8.49. The molecular weight excluding hydrogens is 292 g/mol. The van der Waals surface area contributed by atoms with Gasteiger partial charge in [-0.3, -0.25) is 14.3 Å². The maximum atomic E-state index is 12.7. The largest absolute Gasteiger partial charge is 0.379 e. The lowest BCUT2D eigenvalue weighted by atomic mass is 9.95. The summed E-state index contributed by atoms with van der Waals surface area (Å²) in [6.07, 6.45) is 6.05. The van der Waals surface area contributed by atoms with Gasteiger partial charge in [0.25, 0.3) is 5.56 Å². The van der Waals surface area contributed by atoms with Crippen molar-refractivity contribution in [2.45, 2.75) is 32.2 Å². The number of morpholine rings is 1. The van der Waals surface area contributed by atoms with Crippen molar-refractivity contribution < 1.29 is 4.74 Å². The fourth-order valence-corrected chi connectivity index (χ4v) is 3.44. The van der Waals surface area contributed by atoms with Crippen molar-refractivity contribution in [3.8, 4) is 0 Å². The molecule has 0 amide bonds. The van der Waals surface area contributed by atoms with Gasteiger partial charge in [0.15, 0.2) is 5.65 Å². The summed E-state index contributed by atoms with van der Waals surface area (Å²) < 4.78 is 7.07. The highest BCUT2D eigenvalue weighted by molar-refractivity contribution is 5.74. The molecule has 6 nitrogen and oxygen atoms in total. The van der Waals surface area contributed by atoms with Crippen molar-refractivity contribution in [3.05, 3.63) is 34.0 Å². The zero-order chi connectivity index (χ0) is 15.6. The first kappa shape index (κ1) is 14.8. The molecule has 1 saturated heterocycles. The predicted octanol–water partition coefficient (Wildman–Crippen LogP) is 1.00. The van der Waals surface area contributed by atoms with Crippen LogP contribution in [0.1, 0.15) is 24.1 Å². The molecule has 0 radical (unpaired) electrons. The molecule has 0 aromatic carbocycles. The van der Waals surface area contributed by atoms with E-state index in [2.05, 4.69) is 14.9 Å². The van der Waals surface area contributed by atoms with Crippen LogP contribution in [0.25, 0.3) is 11.0 Å². The summed E-state index contributed by atoms with van der Waals surface area (Å²) >= 11 is 0. The Morgan fingerprint density at radius 2 is 1.96 bits per heavy atom. The molecule has 0 bridgehead atoms. The van der Waals surface area contributed by atoms with Crippen LogP contribution >= 0.6 is 0 Å². The maximum absolute atomic E-state index is 12.7. The van der Waals surface area contributed by atoms with Crippen LogP contribution in [-0.2, 0) is 24.1 Å². The number of nitrogens with zero attached hydrogens (tertiary/aromatic N) is 4. The lowest BCUT2D eigenvalue weighted by Gasteiger charge is -2.26. The van der Waals surface area contributed by atoms with Gasteiger partial charge in [0.1, 0.15) is 6.33 Å². The second-order valence-corrected chi connectivity index (χ2v) is 6.37. The average molecular weight is 314 g/mol. The van der Waals surface area contributed by atoms with E-state index in [1.54, 1.807) is 10.9 Å². The zero-order valence-electron chi connectivity index (χ0n) is 13.3. The fraction of sp³-hybridized carbons (Fsp3) is 0.588. The van der Waals surface area contributed by atoms with E-state index in [0.29, 0.717) is 17.6 Å². The molecule has 3 heterocycles. The van der Waals surface area contributed by atoms with Gasteiger partial charge in [-0.2, -0.15) is 0 Å². The van der Waals surface area contributed by atoms with E-state index in [1.165, 1.54) is 18.4 Å². The van der Waals surface area contributed by atoms with Crippen molar-refractivity contribution in [2.24, 2.45) is 0 Å². The molecule has 6 heteroatoms. The zero-order valence-corrected chi connectivity index (χ0v) is 13.3. The van der Waals surface area contributed by atoms with Crippen LogP contribution in [0.15, 0.2) is 17.2 Å². The van der Waals surface area contributed by atoms with Crippen molar-refractivity contribution >= 4 is 11.0 Å². The van der Waals surface area contributed by atoms with Crippen LogP contribution < -0.4 is 5.56 Å². The molecule has 0 saturated carbocycles. The van der Waals surface area contributed by atoms with Crippen LogP contribution in [-0.4, -0.2) is 52.3 Å². The molecule has 0 unspecified atom stereocenters. The van der Waals surface area contributed by atoms with Crippen molar-refractivity contribution in [1.29, 1.82) is 0 Å². The number of hydrogen-bond acceptors (Lipinski definition) is 5. The van der Waals surface area contributed by atoms with Crippen molar-refractivity contribution in [3.63, 3.8) is 0 Å². The van der Waals surface area contributed by atoms with Crippen LogP contribution in [0.4, 0.5) is 0 Å². The monoisotopic (exact) mass is 314 g/mol. The summed E-state index contributed by atoms with van der Waals surface area (Å²) in [6.45, 7) is 4.95. The van der Waals surface area contributed by atoms with E-state index < -0.39 is 0 Å². The molecule has 4 rings (SSSR count). The van der Waals surface area contributed by atoms with Crippen LogP contribution in [0.5, 0.6) is 0 Å². The number of aromatic nitrogens is 3. The first-order chi connectivity index (χ1) is 11.3. The Morgan fingerprint density at radius 1 is 1.13 bits per heavy atom. The van der Waals surface area contributed by atoms with Crippen LogP contribution in [0, 0.1) is 0 Å². The molecular formula is C17H22N4O2. The van der Waals surface area contributed by atoms with Gasteiger partial charge >= 0.3 is 0 Å². The van der Waals surface area contributed by atoms with E-state index in [1.807, 2.05) is 6.07 Å². The standard InChI is InChI=1S/C17H22N4O2/c22-17-14-11-13-3-1-2-4-15(13)19-16(14)18-12-21(17)6-5-20-7-9-23-10-8-20/h11-12H,1-10H2. The fourth-order valence-electron chi connectivity index (χ4n) is 3.44. The third-order valence-corrected chi connectivity index (χ3v) is 4.85. The Hall–Kier alpha value is -1.79. The molecule has 1 aliphatic heterocycles. The Kier molecular flexibility index (Phi) is 4.10. The van der Waals surface area contributed by atoms with Crippen molar-refractivity contribution in [1.82, 2.24) is 19.4 Å². The minimum atomic E-state index is 0.0316. The second kappa shape index (κ2) is 6.37. The molecule has 2 aromatic rings. The summed E-state index contributed by atoms with van der Waals surface area (Å²) in [7, 11) is 0. The molecule has 1 fully saturated rings. The highest BCUT2D eigenvalue weighted by Crippen LogP contribution is 2.21. The van der Waals surface area contributed by atoms with Gasteiger partial charge in [-0.1, -0.05) is 0 Å². The Bertz CT molecular complexity index is 765. The van der Waals surface area contributed by atoms with Gasteiger partial charge in [-0.25, -0.2) is 9.97 Å². The van der Waals surface area contributed by atoms with Crippen molar-refractivity contribution in [2.75, 3.05) is 32.8 Å². The highest BCUT2D eigenvalue weighted by atomic mass is 16.5. The second-order valence-electron chi connectivity index (χ2n) is 6.37. The quantitative estimate of drug-likeness (QED) is 0.846. The Morgan fingerprint density at radius 3 is 2.83 bits per heavy atom. The summed E-state index contributed by atoms with van der Waals surface area (Å²) in [5.41, 5.74) is 2.98. The van der Waals surface area contributed by atoms with Gasteiger partial charge in [-0.05, 0) is 37.3 Å².